The molecule has 1 N–H and O–H groups in total. The van der Waals surface area contributed by atoms with Crippen LogP contribution in [0.1, 0.15) is 52.4 Å². The maximum absolute atomic E-state index is 10.8. The van der Waals surface area contributed by atoms with Crippen LogP contribution in [-0.4, -0.2) is 58.6 Å². The lowest BCUT2D eigenvalue weighted by Gasteiger charge is -2.31. The second kappa shape index (κ2) is 6.71. The molecule has 1 unspecified atom stereocenters. The Labute approximate surface area is 116 Å². The molecule has 1 saturated heterocycles. The maximum Gasteiger partial charge on any atom is 0.304 e. The zero-order valence-electron chi connectivity index (χ0n) is 12.3. The second-order valence-electron chi connectivity index (χ2n) is 6.33. The Hall–Kier alpha value is -0.610. The lowest BCUT2D eigenvalue weighted by molar-refractivity contribution is -0.137. The first-order valence-corrected chi connectivity index (χ1v) is 7.79. The summed E-state index contributed by atoms with van der Waals surface area (Å²) in [6.45, 7) is 7.64. The summed E-state index contributed by atoms with van der Waals surface area (Å²) in [6.07, 6.45) is 6.52. The number of nitrogens with zero attached hydrogens (tertiary/aromatic N) is 2. The molecule has 4 nitrogen and oxygen atoms in total. The average molecular weight is 268 g/mol. The van der Waals surface area contributed by atoms with Crippen molar-refractivity contribution >= 4 is 5.97 Å². The van der Waals surface area contributed by atoms with Crippen LogP contribution in [0.2, 0.25) is 0 Å². The van der Waals surface area contributed by atoms with Gasteiger partial charge in [0.05, 0.1) is 6.42 Å². The van der Waals surface area contributed by atoms with Crippen molar-refractivity contribution in [3.05, 3.63) is 0 Å². The fraction of sp³-hybridized carbons (Fsp3) is 0.933. The van der Waals surface area contributed by atoms with Crippen LogP contribution in [-0.2, 0) is 4.79 Å². The van der Waals surface area contributed by atoms with Gasteiger partial charge in [0.25, 0.3) is 0 Å². The van der Waals surface area contributed by atoms with E-state index in [1.807, 2.05) is 0 Å². The molecule has 1 saturated carbocycles. The van der Waals surface area contributed by atoms with Gasteiger partial charge < -0.3 is 10.0 Å². The van der Waals surface area contributed by atoms with Gasteiger partial charge in [0.15, 0.2) is 0 Å². The highest BCUT2D eigenvalue weighted by molar-refractivity contribution is 5.66. The zero-order chi connectivity index (χ0) is 13.8. The number of hydrogen-bond acceptors (Lipinski definition) is 3. The van der Waals surface area contributed by atoms with Crippen molar-refractivity contribution < 1.29 is 9.90 Å². The van der Waals surface area contributed by atoms with Crippen molar-refractivity contribution in [2.24, 2.45) is 0 Å². The molecule has 0 aromatic rings. The Balaban J connectivity index is 1.88. The molecule has 2 fully saturated rings. The number of carboxylic acid groups (broad SMARTS) is 1. The number of likely N-dealkylation sites (tertiary alicyclic amines) is 1. The van der Waals surface area contributed by atoms with Gasteiger partial charge in [0.1, 0.15) is 0 Å². The minimum atomic E-state index is -0.664. The Kier molecular flexibility index (Phi) is 5.22. The van der Waals surface area contributed by atoms with Gasteiger partial charge in [0.2, 0.25) is 0 Å². The van der Waals surface area contributed by atoms with Crippen molar-refractivity contribution in [3.63, 3.8) is 0 Å². The van der Waals surface area contributed by atoms with E-state index in [4.69, 9.17) is 5.11 Å². The highest BCUT2D eigenvalue weighted by atomic mass is 16.4. The molecule has 1 aliphatic heterocycles. The molecule has 0 bridgehead atoms. The first kappa shape index (κ1) is 14.8. The van der Waals surface area contributed by atoms with Crippen LogP contribution in [0, 0.1) is 0 Å². The largest absolute Gasteiger partial charge is 0.481 e. The molecule has 0 aromatic carbocycles. The lowest BCUT2D eigenvalue weighted by Crippen LogP contribution is -2.39. The Morgan fingerprint density at radius 2 is 1.89 bits per heavy atom. The lowest BCUT2D eigenvalue weighted by atomic mass is 10.1. The van der Waals surface area contributed by atoms with Gasteiger partial charge in [-0.25, -0.2) is 0 Å². The second-order valence-corrected chi connectivity index (χ2v) is 6.33. The molecular formula is C15H28N2O2. The molecule has 0 spiro atoms. The van der Waals surface area contributed by atoms with E-state index in [-0.39, 0.29) is 0 Å². The number of aliphatic carboxylic acids is 1. The van der Waals surface area contributed by atoms with Crippen LogP contribution in [0.5, 0.6) is 0 Å². The van der Waals surface area contributed by atoms with Gasteiger partial charge in [-0.1, -0.05) is 0 Å². The Morgan fingerprint density at radius 1 is 1.21 bits per heavy atom. The van der Waals surface area contributed by atoms with Crippen LogP contribution >= 0.6 is 0 Å². The van der Waals surface area contributed by atoms with Gasteiger partial charge >= 0.3 is 5.97 Å². The van der Waals surface area contributed by atoms with Crippen LogP contribution < -0.4 is 0 Å². The molecule has 19 heavy (non-hydrogen) atoms. The summed E-state index contributed by atoms with van der Waals surface area (Å²) in [4.78, 5) is 15.9. The van der Waals surface area contributed by atoms with Gasteiger partial charge in [0, 0.05) is 24.7 Å². The van der Waals surface area contributed by atoms with Crippen LogP contribution in [0.3, 0.4) is 0 Å². The molecule has 0 aromatic heterocycles. The Bertz CT molecular complexity index is 303. The highest BCUT2D eigenvalue weighted by Gasteiger charge is 2.34. The van der Waals surface area contributed by atoms with E-state index in [2.05, 4.69) is 23.6 Å². The zero-order valence-corrected chi connectivity index (χ0v) is 12.3. The summed E-state index contributed by atoms with van der Waals surface area (Å²) >= 11 is 0. The molecular weight excluding hydrogens is 240 g/mol. The van der Waals surface area contributed by atoms with E-state index < -0.39 is 5.97 Å². The molecule has 0 amide bonds. The molecule has 110 valence electrons. The molecule has 2 aliphatic rings. The minimum absolute atomic E-state index is 0.293. The molecule has 0 radical (unpaired) electrons. The number of carbonyl (C=O) groups is 1. The Morgan fingerprint density at radius 3 is 2.47 bits per heavy atom. The topological polar surface area (TPSA) is 43.8 Å². The fourth-order valence-corrected chi connectivity index (χ4v) is 3.24. The highest BCUT2D eigenvalue weighted by Crippen LogP contribution is 2.32. The van der Waals surface area contributed by atoms with Gasteiger partial charge in [-0.3, -0.25) is 9.69 Å². The summed E-state index contributed by atoms with van der Waals surface area (Å²) in [5.41, 5.74) is 0. The standard InChI is InChI=1S/C15H28N2O2/c1-12(2)16-9-3-4-13(7-10-16)17(14-5-6-14)11-8-15(18)19/h12-14H,3-11H2,1-2H3,(H,18,19). The third-order valence-corrected chi connectivity index (χ3v) is 4.53. The van der Waals surface area contributed by atoms with E-state index in [9.17, 15) is 4.79 Å². The van der Waals surface area contributed by atoms with Crippen molar-refractivity contribution in [2.75, 3.05) is 19.6 Å². The summed E-state index contributed by atoms with van der Waals surface area (Å²) in [5.74, 6) is -0.664. The molecule has 4 heteroatoms. The fourth-order valence-electron chi connectivity index (χ4n) is 3.24. The van der Waals surface area contributed by atoms with E-state index >= 15 is 0 Å². The normalized spacial score (nSPS) is 25.8. The summed E-state index contributed by atoms with van der Waals surface area (Å²) < 4.78 is 0. The SMILES string of the molecule is CC(C)N1CCCC(N(CCC(=O)O)C2CC2)CC1. The third-order valence-electron chi connectivity index (χ3n) is 4.53. The van der Waals surface area contributed by atoms with Crippen molar-refractivity contribution in [2.45, 2.75) is 70.5 Å². The van der Waals surface area contributed by atoms with Crippen LogP contribution in [0.4, 0.5) is 0 Å². The number of hydrogen-bond donors (Lipinski definition) is 1. The van der Waals surface area contributed by atoms with Crippen LogP contribution in [0.15, 0.2) is 0 Å². The molecule has 2 rings (SSSR count). The first-order valence-electron chi connectivity index (χ1n) is 7.79. The first-order chi connectivity index (χ1) is 9.08. The maximum atomic E-state index is 10.8. The van der Waals surface area contributed by atoms with Crippen molar-refractivity contribution in [3.8, 4) is 0 Å². The summed E-state index contributed by atoms with van der Waals surface area (Å²) in [7, 11) is 0. The van der Waals surface area contributed by atoms with E-state index in [0.29, 0.717) is 24.5 Å². The van der Waals surface area contributed by atoms with Crippen molar-refractivity contribution in [1.29, 1.82) is 0 Å². The number of carboxylic acids is 1. The quantitative estimate of drug-likeness (QED) is 0.802. The predicted molar refractivity (Wildman–Crippen MR) is 76.3 cm³/mol. The number of rotatable bonds is 6. The van der Waals surface area contributed by atoms with Crippen molar-refractivity contribution in [1.82, 2.24) is 9.80 Å². The van der Waals surface area contributed by atoms with E-state index in [1.165, 1.54) is 45.2 Å². The van der Waals surface area contributed by atoms with E-state index in [1.54, 1.807) is 0 Å². The van der Waals surface area contributed by atoms with Gasteiger partial charge in [-0.2, -0.15) is 0 Å². The third kappa shape index (κ3) is 4.46. The van der Waals surface area contributed by atoms with Gasteiger partial charge in [-0.15, -0.1) is 0 Å². The smallest absolute Gasteiger partial charge is 0.304 e. The van der Waals surface area contributed by atoms with Gasteiger partial charge in [-0.05, 0) is 59.0 Å². The molecule has 1 heterocycles. The minimum Gasteiger partial charge on any atom is -0.481 e. The molecule has 1 aliphatic carbocycles. The predicted octanol–water partition coefficient (Wildman–Crippen LogP) is 2.19. The molecule has 1 atom stereocenters. The monoisotopic (exact) mass is 268 g/mol. The van der Waals surface area contributed by atoms with E-state index in [0.717, 1.165) is 6.54 Å². The van der Waals surface area contributed by atoms with Crippen LogP contribution in [0.25, 0.3) is 0 Å². The average Bonchev–Trinajstić information content (AvgIpc) is 3.14. The summed E-state index contributed by atoms with van der Waals surface area (Å²) in [6, 6.07) is 1.91. The summed E-state index contributed by atoms with van der Waals surface area (Å²) in [5, 5.41) is 8.90.